The summed E-state index contributed by atoms with van der Waals surface area (Å²) in [6.45, 7) is 0.968. The van der Waals surface area contributed by atoms with Crippen molar-refractivity contribution in [2.24, 2.45) is 0 Å². The van der Waals surface area contributed by atoms with Gasteiger partial charge in [0.15, 0.2) is 13.1 Å². The highest BCUT2D eigenvalue weighted by atomic mass is 19.3. The molecule has 0 fully saturated rings. The highest BCUT2D eigenvalue weighted by Gasteiger charge is 2.17. The Bertz CT molecular complexity index is 843. The maximum absolute atomic E-state index is 12.4. The van der Waals surface area contributed by atoms with Gasteiger partial charge in [0.1, 0.15) is 5.75 Å². The molecule has 2 aromatic rings. The fraction of sp³-hybridized carbons (Fsp3) is 0.300. The minimum Gasteiger partial charge on any atom is -0.433 e. The molecule has 6 nitrogen and oxygen atoms in total. The Hall–Kier alpha value is -3.00. The average Bonchev–Trinajstić information content (AvgIpc) is 2.60. The number of anilines is 2. The molecule has 0 saturated heterocycles. The van der Waals surface area contributed by atoms with E-state index >= 15 is 0 Å². The molecule has 2 amide bonds. The van der Waals surface area contributed by atoms with Crippen LogP contribution in [0, 0.1) is 13.8 Å². The molecule has 0 heterocycles. The van der Waals surface area contributed by atoms with E-state index in [-0.39, 0.29) is 30.4 Å². The van der Waals surface area contributed by atoms with Crippen molar-refractivity contribution in [3.8, 4) is 5.75 Å². The van der Waals surface area contributed by atoms with Crippen molar-refractivity contribution in [1.82, 2.24) is 0 Å². The highest BCUT2D eigenvalue weighted by molar-refractivity contribution is 5.94. The third kappa shape index (κ3) is 6.31. The molecule has 3 N–H and O–H groups in total. The lowest BCUT2D eigenvalue weighted by molar-refractivity contribution is -0.862. The number of benzene rings is 2. The summed E-state index contributed by atoms with van der Waals surface area (Å²) in [5.41, 5.74) is 2.95. The van der Waals surface area contributed by atoms with Crippen molar-refractivity contribution in [2.45, 2.75) is 20.5 Å². The Morgan fingerprint density at radius 1 is 0.964 bits per heavy atom. The lowest BCUT2D eigenvalue weighted by Crippen LogP contribution is -3.11. The number of hydrogen-bond donors (Lipinski definition) is 3. The first-order chi connectivity index (χ1) is 13.3. The predicted molar refractivity (Wildman–Crippen MR) is 103 cm³/mol. The van der Waals surface area contributed by atoms with Crippen LogP contribution in [-0.4, -0.2) is 38.6 Å². The lowest BCUT2D eigenvalue weighted by Gasteiger charge is -2.16. The Labute approximate surface area is 162 Å². The molecule has 0 spiro atoms. The monoisotopic (exact) mass is 392 g/mol. The molecule has 0 aromatic heterocycles. The summed E-state index contributed by atoms with van der Waals surface area (Å²) in [4.78, 5) is 25.1. The Kier molecular flexibility index (Phi) is 7.45. The fourth-order valence-corrected chi connectivity index (χ4v) is 2.65. The van der Waals surface area contributed by atoms with Crippen LogP contribution < -0.4 is 20.3 Å². The number of likely N-dealkylation sites (N-methyl/N-ethyl adjacent to an activating group) is 1. The summed E-state index contributed by atoms with van der Waals surface area (Å²) in [5, 5.41) is 5.38. The first-order valence-corrected chi connectivity index (χ1v) is 8.77. The molecule has 1 atom stereocenters. The zero-order valence-corrected chi connectivity index (χ0v) is 16.0. The van der Waals surface area contributed by atoms with Crippen LogP contribution in [0.5, 0.6) is 5.75 Å². The number of halogens is 2. The normalized spacial score (nSPS) is 11.8. The van der Waals surface area contributed by atoms with Crippen LogP contribution in [0.1, 0.15) is 11.1 Å². The van der Waals surface area contributed by atoms with E-state index in [1.807, 2.05) is 32.0 Å². The number of para-hydroxylation sites is 2. The summed E-state index contributed by atoms with van der Waals surface area (Å²) in [5.74, 6) is -0.751. The van der Waals surface area contributed by atoms with Gasteiger partial charge in [-0.05, 0) is 43.2 Å². The van der Waals surface area contributed by atoms with Gasteiger partial charge in [0.05, 0.1) is 12.7 Å². The van der Waals surface area contributed by atoms with Crippen molar-refractivity contribution in [2.75, 3.05) is 30.8 Å². The van der Waals surface area contributed by atoms with E-state index < -0.39 is 12.5 Å². The van der Waals surface area contributed by atoms with Crippen LogP contribution >= 0.6 is 0 Å². The summed E-state index contributed by atoms with van der Waals surface area (Å²) in [6.07, 6.45) is 0. The molecule has 0 radical (unpaired) electrons. The molecular formula is C20H24F2N3O3+. The molecule has 0 bridgehead atoms. The highest BCUT2D eigenvalue weighted by Crippen LogP contribution is 2.25. The van der Waals surface area contributed by atoms with E-state index in [1.165, 1.54) is 18.2 Å². The van der Waals surface area contributed by atoms with Crippen LogP contribution in [0.2, 0.25) is 0 Å². The van der Waals surface area contributed by atoms with Gasteiger partial charge in [0.25, 0.3) is 11.8 Å². The van der Waals surface area contributed by atoms with Crippen molar-refractivity contribution in [1.29, 1.82) is 0 Å². The van der Waals surface area contributed by atoms with Crippen LogP contribution in [-0.2, 0) is 9.59 Å². The molecule has 1 unspecified atom stereocenters. The second kappa shape index (κ2) is 9.80. The first kappa shape index (κ1) is 21.3. The average molecular weight is 392 g/mol. The molecule has 0 saturated carbocycles. The van der Waals surface area contributed by atoms with Crippen LogP contribution in [0.3, 0.4) is 0 Å². The van der Waals surface area contributed by atoms with Crippen molar-refractivity contribution in [3.05, 3.63) is 53.6 Å². The number of aryl methyl sites for hydroxylation is 1. The van der Waals surface area contributed by atoms with Gasteiger partial charge in [0, 0.05) is 5.69 Å². The first-order valence-electron chi connectivity index (χ1n) is 8.77. The number of quaternary nitrogens is 1. The topological polar surface area (TPSA) is 71.9 Å². The number of alkyl halides is 2. The Morgan fingerprint density at radius 2 is 1.54 bits per heavy atom. The van der Waals surface area contributed by atoms with Crippen molar-refractivity contribution < 1.29 is 28.0 Å². The second-order valence-corrected chi connectivity index (χ2v) is 6.53. The minimum atomic E-state index is -2.99. The summed E-state index contributed by atoms with van der Waals surface area (Å²) < 4.78 is 29.3. The molecular weight excluding hydrogens is 368 g/mol. The largest absolute Gasteiger partial charge is 0.433 e. The summed E-state index contributed by atoms with van der Waals surface area (Å²) in [7, 11) is 1.70. The maximum Gasteiger partial charge on any atom is 0.387 e. The van der Waals surface area contributed by atoms with Gasteiger partial charge in [0.2, 0.25) is 0 Å². The van der Waals surface area contributed by atoms with Crippen molar-refractivity contribution in [3.63, 3.8) is 0 Å². The maximum atomic E-state index is 12.4. The van der Waals surface area contributed by atoms with E-state index in [2.05, 4.69) is 15.4 Å². The SMILES string of the molecule is Cc1cccc(NC(=O)C[NH+](C)CC(=O)Nc2ccccc2OC(F)F)c1C. The molecule has 0 aliphatic carbocycles. The number of carbonyl (C=O) groups is 2. The van der Waals surface area contributed by atoms with E-state index in [9.17, 15) is 18.4 Å². The molecule has 28 heavy (non-hydrogen) atoms. The van der Waals surface area contributed by atoms with Gasteiger partial charge in [-0.15, -0.1) is 0 Å². The van der Waals surface area contributed by atoms with Gasteiger partial charge in [-0.2, -0.15) is 8.78 Å². The van der Waals surface area contributed by atoms with E-state index in [4.69, 9.17) is 0 Å². The number of amides is 2. The number of hydrogen-bond acceptors (Lipinski definition) is 3. The van der Waals surface area contributed by atoms with Gasteiger partial charge in [-0.3, -0.25) is 9.59 Å². The molecule has 150 valence electrons. The Balaban J connectivity index is 1.89. The number of nitrogens with one attached hydrogen (secondary N) is 3. The number of ether oxygens (including phenoxy) is 1. The lowest BCUT2D eigenvalue weighted by atomic mass is 10.1. The number of rotatable bonds is 8. The molecule has 0 aliphatic rings. The zero-order valence-electron chi connectivity index (χ0n) is 16.0. The van der Waals surface area contributed by atoms with E-state index in [0.717, 1.165) is 16.8 Å². The molecule has 2 aromatic carbocycles. The van der Waals surface area contributed by atoms with Gasteiger partial charge < -0.3 is 20.3 Å². The van der Waals surface area contributed by atoms with Crippen LogP contribution in [0.15, 0.2) is 42.5 Å². The standard InChI is InChI=1S/C20H23F2N3O3/c1-13-7-6-9-15(14(13)2)23-18(26)11-25(3)12-19(27)24-16-8-4-5-10-17(16)28-20(21)22/h4-10,20H,11-12H2,1-3H3,(H,23,26)(H,24,27)/p+1. The smallest absolute Gasteiger partial charge is 0.387 e. The van der Waals surface area contributed by atoms with Crippen LogP contribution in [0.25, 0.3) is 0 Å². The van der Waals surface area contributed by atoms with E-state index in [0.29, 0.717) is 4.90 Å². The van der Waals surface area contributed by atoms with Crippen LogP contribution in [0.4, 0.5) is 20.2 Å². The Morgan fingerprint density at radius 3 is 2.18 bits per heavy atom. The quantitative estimate of drug-likeness (QED) is 0.644. The second-order valence-electron chi connectivity index (χ2n) is 6.53. The number of carbonyl (C=O) groups excluding carboxylic acids is 2. The van der Waals surface area contributed by atoms with E-state index in [1.54, 1.807) is 13.1 Å². The van der Waals surface area contributed by atoms with Gasteiger partial charge in [-0.25, -0.2) is 0 Å². The van der Waals surface area contributed by atoms with Crippen molar-refractivity contribution >= 4 is 23.2 Å². The molecule has 8 heteroatoms. The molecule has 0 aliphatic heterocycles. The summed E-state index contributed by atoms with van der Waals surface area (Å²) in [6, 6.07) is 11.6. The summed E-state index contributed by atoms with van der Waals surface area (Å²) >= 11 is 0. The fourth-order valence-electron chi connectivity index (χ4n) is 2.65. The van der Waals surface area contributed by atoms with Gasteiger partial charge >= 0.3 is 6.61 Å². The third-order valence-electron chi connectivity index (χ3n) is 4.18. The molecule has 2 rings (SSSR count). The minimum absolute atomic E-state index is 0.0107. The zero-order chi connectivity index (χ0) is 20.7. The van der Waals surface area contributed by atoms with Gasteiger partial charge in [-0.1, -0.05) is 24.3 Å². The third-order valence-corrected chi connectivity index (χ3v) is 4.18. The predicted octanol–water partition coefficient (Wildman–Crippen LogP) is 2.00.